The van der Waals surface area contributed by atoms with Crippen LogP contribution in [0.5, 0.6) is 0 Å². The van der Waals surface area contributed by atoms with Gasteiger partial charge in [-0.05, 0) is 38.1 Å². The Balaban J connectivity index is 1.54. The normalized spacial score (nSPS) is 15.5. The van der Waals surface area contributed by atoms with E-state index in [1.54, 1.807) is 12.1 Å². The van der Waals surface area contributed by atoms with Gasteiger partial charge in [-0.2, -0.15) is 15.0 Å². The summed E-state index contributed by atoms with van der Waals surface area (Å²) in [6, 6.07) is 3.29. The first-order valence-corrected chi connectivity index (χ1v) is 8.06. The number of likely N-dealkylation sites (tertiary alicyclic amines) is 1. The van der Waals surface area contributed by atoms with Gasteiger partial charge in [0.15, 0.2) is 0 Å². The van der Waals surface area contributed by atoms with E-state index in [1.807, 2.05) is 0 Å². The molecule has 0 saturated carbocycles. The summed E-state index contributed by atoms with van der Waals surface area (Å²) in [5.74, 6) is -0.100. The first kappa shape index (κ1) is 15.5. The van der Waals surface area contributed by atoms with E-state index in [0.717, 1.165) is 19.6 Å². The zero-order valence-electron chi connectivity index (χ0n) is 12.1. The van der Waals surface area contributed by atoms with E-state index < -0.39 is 0 Å². The van der Waals surface area contributed by atoms with Gasteiger partial charge in [-0.3, -0.25) is 4.79 Å². The highest BCUT2D eigenvalue weighted by Crippen LogP contribution is 2.25. The van der Waals surface area contributed by atoms with Crippen LogP contribution >= 0.6 is 23.2 Å². The molecule has 22 heavy (non-hydrogen) atoms. The molecule has 1 N–H and O–H groups in total. The fourth-order valence-corrected chi connectivity index (χ4v) is 2.89. The molecule has 1 aromatic heterocycles. The van der Waals surface area contributed by atoms with Gasteiger partial charge >= 0.3 is 0 Å². The number of nitrogens with one attached hydrogen (secondary N) is 1. The van der Waals surface area contributed by atoms with Crippen molar-refractivity contribution in [3.63, 3.8) is 0 Å². The number of aromatic nitrogens is 3. The van der Waals surface area contributed by atoms with Crippen LogP contribution in [0.2, 0.25) is 10.0 Å². The molecule has 6 nitrogen and oxygen atoms in total. The van der Waals surface area contributed by atoms with Gasteiger partial charge in [0.2, 0.25) is 5.91 Å². The van der Waals surface area contributed by atoms with Crippen LogP contribution in [0.15, 0.2) is 12.1 Å². The molecule has 1 aromatic carbocycles. The van der Waals surface area contributed by atoms with E-state index in [-0.39, 0.29) is 12.5 Å². The number of fused-ring (bicyclic) bond motifs is 1. The maximum Gasteiger partial charge on any atom is 0.243 e. The minimum atomic E-state index is -0.100. The number of carbonyl (C=O) groups excluding carboxylic acids is 1. The highest BCUT2D eigenvalue weighted by Gasteiger charge is 2.12. The number of carbonyl (C=O) groups is 1. The number of nitrogens with zero attached hydrogens (tertiary/aromatic N) is 4. The van der Waals surface area contributed by atoms with Crippen LogP contribution in [0.3, 0.4) is 0 Å². The second-order valence-electron chi connectivity index (χ2n) is 5.38. The van der Waals surface area contributed by atoms with Gasteiger partial charge in [0, 0.05) is 13.1 Å². The van der Waals surface area contributed by atoms with Crippen LogP contribution in [-0.2, 0) is 11.3 Å². The second-order valence-corrected chi connectivity index (χ2v) is 6.20. The topological polar surface area (TPSA) is 63.1 Å². The van der Waals surface area contributed by atoms with Gasteiger partial charge in [0.05, 0.1) is 10.0 Å². The molecule has 2 heterocycles. The van der Waals surface area contributed by atoms with Crippen molar-refractivity contribution >= 4 is 40.1 Å². The van der Waals surface area contributed by atoms with Crippen molar-refractivity contribution in [1.82, 2.24) is 25.2 Å². The predicted molar refractivity (Wildman–Crippen MR) is 86.2 cm³/mol. The Hall–Kier alpha value is -1.37. The molecule has 1 amide bonds. The summed E-state index contributed by atoms with van der Waals surface area (Å²) in [7, 11) is 0. The molecule has 1 aliphatic heterocycles. The van der Waals surface area contributed by atoms with Crippen molar-refractivity contribution in [2.24, 2.45) is 0 Å². The first-order chi connectivity index (χ1) is 10.6. The summed E-state index contributed by atoms with van der Waals surface area (Å²) in [5, 5.41) is 12.2. The molecule has 0 unspecified atom stereocenters. The Morgan fingerprint density at radius 2 is 1.73 bits per heavy atom. The lowest BCUT2D eigenvalue weighted by Crippen LogP contribution is -2.35. The molecule has 0 aliphatic carbocycles. The van der Waals surface area contributed by atoms with Crippen LogP contribution in [-0.4, -0.2) is 52.0 Å². The quantitative estimate of drug-likeness (QED) is 0.902. The van der Waals surface area contributed by atoms with Crippen molar-refractivity contribution in [1.29, 1.82) is 0 Å². The number of hydrogen-bond donors (Lipinski definition) is 1. The number of hydrogen-bond acceptors (Lipinski definition) is 4. The van der Waals surface area contributed by atoms with Crippen molar-refractivity contribution < 1.29 is 4.79 Å². The first-order valence-electron chi connectivity index (χ1n) is 7.31. The third-order valence-corrected chi connectivity index (χ3v) is 4.42. The molecule has 2 aromatic rings. The van der Waals surface area contributed by atoms with Gasteiger partial charge < -0.3 is 10.2 Å². The number of amides is 1. The Kier molecular flexibility index (Phi) is 4.81. The summed E-state index contributed by atoms with van der Waals surface area (Å²) in [5.41, 5.74) is 1.25. The smallest absolute Gasteiger partial charge is 0.243 e. The molecule has 3 rings (SSSR count). The third-order valence-electron chi connectivity index (χ3n) is 3.70. The summed E-state index contributed by atoms with van der Waals surface area (Å²) >= 11 is 11.9. The van der Waals surface area contributed by atoms with Crippen LogP contribution in [0.1, 0.15) is 12.8 Å². The molecule has 1 aliphatic rings. The van der Waals surface area contributed by atoms with Gasteiger partial charge in [-0.25, -0.2) is 0 Å². The molecule has 1 fully saturated rings. The minimum absolute atomic E-state index is 0.0872. The summed E-state index contributed by atoms with van der Waals surface area (Å²) < 4.78 is 0. The lowest BCUT2D eigenvalue weighted by molar-refractivity contribution is -0.122. The van der Waals surface area contributed by atoms with E-state index in [2.05, 4.69) is 20.4 Å². The zero-order valence-corrected chi connectivity index (χ0v) is 13.6. The second kappa shape index (κ2) is 6.81. The molecular formula is C14H17Cl2N5O. The number of halogens is 2. The maximum absolute atomic E-state index is 11.9. The van der Waals surface area contributed by atoms with Crippen LogP contribution < -0.4 is 5.32 Å². The van der Waals surface area contributed by atoms with Crippen molar-refractivity contribution in [3.05, 3.63) is 22.2 Å². The van der Waals surface area contributed by atoms with Crippen LogP contribution in [0.25, 0.3) is 11.0 Å². The Bertz CT molecular complexity index is 642. The molecule has 0 radical (unpaired) electrons. The highest BCUT2D eigenvalue weighted by molar-refractivity contribution is 6.42. The van der Waals surface area contributed by atoms with Crippen molar-refractivity contribution in [2.45, 2.75) is 19.4 Å². The molecule has 0 bridgehead atoms. The van der Waals surface area contributed by atoms with Gasteiger partial charge in [0.1, 0.15) is 17.6 Å². The molecule has 0 spiro atoms. The average molecular weight is 342 g/mol. The minimum Gasteiger partial charge on any atom is -0.353 e. The maximum atomic E-state index is 11.9. The van der Waals surface area contributed by atoms with E-state index in [1.165, 1.54) is 17.6 Å². The standard InChI is InChI=1S/C14H17Cl2N5O/c15-10-7-12-13(8-11(10)16)19-21(18-12)9-14(22)17-3-6-20-4-1-2-5-20/h7-8H,1-6,9H2,(H,17,22). The van der Waals surface area contributed by atoms with Crippen molar-refractivity contribution in [2.75, 3.05) is 26.2 Å². The fourth-order valence-electron chi connectivity index (χ4n) is 2.57. The van der Waals surface area contributed by atoms with Gasteiger partial charge in [0.25, 0.3) is 0 Å². The van der Waals surface area contributed by atoms with E-state index >= 15 is 0 Å². The molecular weight excluding hydrogens is 325 g/mol. The summed E-state index contributed by atoms with van der Waals surface area (Å²) in [6.07, 6.45) is 2.51. The van der Waals surface area contributed by atoms with Gasteiger partial charge in [-0.1, -0.05) is 23.2 Å². The molecule has 8 heteroatoms. The van der Waals surface area contributed by atoms with E-state index in [0.29, 0.717) is 27.6 Å². The molecule has 0 atom stereocenters. The Labute approximate surface area is 138 Å². The van der Waals surface area contributed by atoms with E-state index in [9.17, 15) is 4.79 Å². The highest BCUT2D eigenvalue weighted by atomic mass is 35.5. The predicted octanol–water partition coefficient (Wildman–Crippen LogP) is 1.95. The van der Waals surface area contributed by atoms with Crippen LogP contribution in [0.4, 0.5) is 0 Å². The number of rotatable bonds is 5. The average Bonchev–Trinajstić information content (AvgIpc) is 3.09. The Morgan fingerprint density at radius 1 is 1.14 bits per heavy atom. The largest absolute Gasteiger partial charge is 0.353 e. The zero-order chi connectivity index (χ0) is 15.5. The monoisotopic (exact) mass is 341 g/mol. The molecule has 1 saturated heterocycles. The summed E-state index contributed by atoms with van der Waals surface area (Å²) in [4.78, 5) is 15.6. The lowest BCUT2D eigenvalue weighted by atomic mass is 10.3. The number of benzene rings is 1. The fraction of sp³-hybridized carbons (Fsp3) is 0.500. The van der Waals surface area contributed by atoms with E-state index in [4.69, 9.17) is 23.2 Å². The third kappa shape index (κ3) is 3.69. The lowest BCUT2D eigenvalue weighted by Gasteiger charge is -2.14. The SMILES string of the molecule is O=C(Cn1nc2cc(Cl)c(Cl)cc2n1)NCCN1CCCC1. The summed E-state index contributed by atoms with van der Waals surface area (Å²) in [6.45, 7) is 3.89. The van der Waals surface area contributed by atoms with Gasteiger partial charge in [-0.15, -0.1) is 0 Å². The van der Waals surface area contributed by atoms with Crippen LogP contribution in [0, 0.1) is 0 Å². The Morgan fingerprint density at radius 3 is 2.32 bits per heavy atom. The van der Waals surface area contributed by atoms with Crippen molar-refractivity contribution in [3.8, 4) is 0 Å². The molecule has 118 valence electrons.